The standard InChI is InChI=1S/C20H26N2O8S2/c1-5-22(6-2)32(27,28)16-8-10-19(29-4)17(12-16)21-31(25,26)15-7-9-18(14(3)11-15)30-13-20(23)24/h7-12,21H,5-6,13H2,1-4H3,(H,23,24). The van der Waals surface area contributed by atoms with Gasteiger partial charge in [-0.05, 0) is 48.9 Å². The highest BCUT2D eigenvalue weighted by atomic mass is 32.2. The first-order valence-electron chi connectivity index (χ1n) is 9.62. The van der Waals surface area contributed by atoms with Gasteiger partial charge in [-0.15, -0.1) is 0 Å². The van der Waals surface area contributed by atoms with E-state index in [1.165, 1.54) is 47.8 Å². The van der Waals surface area contributed by atoms with E-state index in [0.717, 1.165) is 0 Å². The third kappa shape index (κ3) is 5.69. The number of carboxylic acids is 1. The van der Waals surface area contributed by atoms with Gasteiger partial charge in [-0.3, -0.25) is 4.72 Å². The molecule has 0 amide bonds. The average Bonchev–Trinajstić information content (AvgIpc) is 2.73. The zero-order valence-corrected chi connectivity index (χ0v) is 19.8. The van der Waals surface area contributed by atoms with E-state index in [2.05, 4.69) is 4.72 Å². The molecule has 2 rings (SSSR count). The van der Waals surface area contributed by atoms with Gasteiger partial charge in [0.15, 0.2) is 6.61 Å². The van der Waals surface area contributed by atoms with Crippen LogP contribution in [-0.2, 0) is 24.8 Å². The summed E-state index contributed by atoms with van der Waals surface area (Å²) in [6, 6.07) is 7.87. The Morgan fingerprint density at radius 1 is 1.00 bits per heavy atom. The molecule has 2 aromatic rings. The van der Waals surface area contributed by atoms with E-state index in [1.54, 1.807) is 20.8 Å². The number of nitrogens with one attached hydrogen (secondary N) is 1. The molecule has 12 heteroatoms. The number of hydrogen-bond acceptors (Lipinski definition) is 7. The molecule has 2 aromatic carbocycles. The van der Waals surface area contributed by atoms with Crippen molar-refractivity contribution in [2.75, 3.05) is 31.5 Å². The largest absolute Gasteiger partial charge is 0.495 e. The number of aryl methyl sites for hydroxylation is 1. The smallest absolute Gasteiger partial charge is 0.341 e. The van der Waals surface area contributed by atoms with Gasteiger partial charge in [-0.2, -0.15) is 4.31 Å². The minimum atomic E-state index is -4.12. The first-order valence-corrected chi connectivity index (χ1v) is 12.5. The molecule has 0 unspecified atom stereocenters. The molecule has 0 bridgehead atoms. The molecule has 0 aromatic heterocycles. The van der Waals surface area contributed by atoms with Gasteiger partial charge in [0.1, 0.15) is 11.5 Å². The lowest BCUT2D eigenvalue weighted by Gasteiger charge is -2.20. The van der Waals surface area contributed by atoms with Gasteiger partial charge in [0.05, 0.1) is 22.6 Å². The highest BCUT2D eigenvalue weighted by Gasteiger charge is 2.25. The van der Waals surface area contributed by atoms with Crippen LogP contribution < -0.4 is 14.2 Å². The van der Waals surface area contributed by atoms with Crippen molar-refractivity contribution in [3.8, 4) is 11.5 Å². The molecular formula is C20H26N2O8S2. The van der Waals surface area contributed by atoms with Crippen LogP contribution in [-0.4, -0.2) is 59.0 Å². The molecule has 0 fully saturated rings. The summed E-state index contributed by atoms with van der Waals surface area (Å²) in [6.45, 7) is 4.97. The highest BCUT2D eigenvalue weighted by Crippen LogP contribution is 2.31. The Balaban J connectivity index is 2.42. The third-order valence-electron chi connectivity index (χ3n) is 4.57. The number of rotatable bonds is 11. The Bertz CT molecular complexity index is 1190. The second kappa shape index (κ2) is 10.2. The van der Waals surface area contributed by atoms with Crippen LogP contribution >= 0.6 is 0 Å². The Morgan fingerprint density at radius 3 is 2.12 bits per heavy atom. The molecule has 32 heavy (non-hydrogen) atoms. The molecule has 176 valence electrons. The number of hydrogen-bond donors (Lipinski definition) is 2. The fourth-order valence-electron chi connectivity index (χ4n) is 2.93. The molecule has 0 saturated heterocycles. The van der Waals surface area contributed by atoms with Crippen LogP contribution in [0.3, 0.4) is 0 Å². The molecule has 0 aliphatic carbocycles. The maximum absolute atomic E-state index is 12.9. The van der Waals surface area contributed by atoms with Gasteiger partial charge in [0.25, 0.3) is 10.0 Å². The summed E-state index contributed by atoms with van der Waals surface area (Å²) in [4.78, 5) is 10.5. The monoisotopic (exact) mass is 486 g/mol. The maximum Gasteiger partial charge on any atom is 0.341 e. The number of sulfonamides is 2. The molecule has 0 atom stereocenters. The molecule has 0 aliphatic heterocycles. The minimum absolute atomic E-state index is 0.0374. The average molecular weight is 487 g/mol. The van der Waals surface area contributed by atoms with Crippen molar-refractivity contribution in [3.63, 3.8) is 0 Å². The van der Waals surface area contributed by atoms with Crippen LogP contribution in [0.2, 0.25) is 0 Å². The van der Waals surface area contributed by atoms with E-state index in [0.29, 0.717) is 5.56 Å². The van der Waals surface area contributed by atoms with Gasteiger partial charge < -0.3 is 14.6 Å². The predicted molar refractivity (Wildman–Crippen MR) is 118 cm³/mol. The van der Waals surface area contributed by atoms with Crippen molar-refractivity contribution in [1.29, 1.82) is 0 Å². The normalized spacial score (nSPS) is 11.9. The van der Waals surface area contributed by atoms with Crippen molar-refractivity contribution < 1.29 is 36.2 Å². The van der Waals surface area contributed by atoms with E-state index in [9.17, 15) is 21.6 Å². The zero-order valence-electron chi connectivity index (χ0n) is 18.2. The van der Waals surface area contributed by atoms with Crippen LogP contribution in [0, 0.1) is 6.92 Å². The van der Waals surface area contributed by atoms with E-state index < -0.39 is 32.6 Å². The summed E-state index contributed by atoms with van der Waals surface area (Å²) in [5.41, 5.74) is 0.378. The SMILES string of the molecule is CCN(CC)S(=O)(=O)c1ccc(OC)c(NS(=O)(=O)c2ccc(OCC(=O)O)c(C)c2)c1. The summed E-state index contributed by atoms with van der Waals surface area (Å²) in [5, 5.41) is 8.72. The third-order valence-corrected chi connectivity index (χ3v) is 7.98. The lowest BCUT2D eigenvalue weighted by atomic mass is 10.2. The number of benzene rings is 2. The molecule has 2 N–H and O–H groups in total. The van der Waals surface area contributed by atoms with Gasteiger partial charge in [0.2, 0.25) is 10.0 Å². The van der Waals surface area contributed by atoms with Crippen LogP contribution in [0.4, 0.5) is 5.69 Å². The zero-order chi connectivity index (χ0) is 24.1. The van der Waals surface area contributed by atoms with E-state index in [1.807, 2.05) is 0 Å². The van der Waals surface area contributed by atoms with Crippen LogP contribution in [0.5, 0.6) is 11.5 Å². The quantitative estimate of drug-likeness (QED) is 0.493. The van der Waals surface area contributed by atoms with Crippen molar-refractivity contribution in [2.45, 2.75) is 30.6 Å². The van der Waals surface area contributed by atoms with Crippen molar-refractivity contribution in [1.82, 2.24) is 4.31 Å². The van der Waals surface area contributed by atoms with E-state index in [4.69, 9.17) is 14.6 Å². The Labute approximate surface area is 187 Å². The lowest BCUT2D eigenvalue weighted by molar-refractivity contribution is -0.139. The number of ether oxygens (including phenoxy) is 2. The first-order chi connectivity index (χ1) is 15.0. The highest BCUT2D eigenvalue weighted by molar-refractivity contribution is 7.92. The van der Waals surface area contributed by atoms with Crippen LogP contribution in [0.1, 0.15) is 19.4 Å². The van der Waals surface area contributed by atoms with E-state index >= 15 is 0 Å². The van der Waals surface area contributed by atoms with Crippen LogP contribution in [0.25, 0.3) is 0 Å². The van der Waals surface area contributed by atoms with Gasteiger partial charge in [-0.1, -0.05) is 13.8 Å². The molecule has 0 heterocycles. The molecule has 10 nitrogen and oxygen atoms in total. The topological polar surface area (TPSA) is 139 Å². The van der Waals surface area contributed by atoms with Gasteiger partial charge in [0, 0.05) is 13.1 Å². The maximum atomic E-state index is 12.9. The molecule has 0 aliphatic rings. The minimum Gasteiger partial charge on any atom is -0.495 e. The summed E-state index contributed by atoms with van der Waals surface area (Å²) >= 11 is 0. The fourth-order valence-corrected chi connectivity index (χ4v) is 5.56. The number of aliphatic carboxylic acids is 1. The number of carboxylic acid groups (broad SMARTS) is 1. The molecule has 0 radical (unpaired) electrons. The molecular weight excluding hydrogens is 460 g/mol. The summed E-state index contributed by atoms with van der Waals surface area (Å²) in [6.07, 6.45) is 0. The van der Waals surface area contributed by atoms with Gasteiger partial charge in [-0.25, -0.2) is 21.6 Å². The van der Waals surface area contributed by atoms with Crippen molar-refractivity contribution >= 4 is 31.7 Å². The summed E-state index contributed by atoms with van der Waals surface area (Å²) in [7, 11) is -6.60. The first kappa shape index (κ1) is 25.4. The molecule has 0 spiro atoms. The van der Waals surface area contributed by atoms with Gasteiger partial charge >= 0.3 is 5.97 Å². The second-order valence-electron chi connectivity index (χ2n) is 6.67. The van der Waals surface area contributed by atoms with Crippen molar-refractivity contribution in [2.24, 2.45) is 0 Å². The Kier molecular flexibility index (Phi) is 8.10. The predicted octanol–water partition coefficient (Wildman–Crippen LogP) is 2.30. The fraction of sp³-hybridized carbons (Fsp3) is 0.350. The summed E-state index contributed by atoms with van der Waals surface area (Å²) in [5.74, 6) is -0.782. The number of methoxy groups -OCH3 is 1. The molecule has 0 saturated carbocycles. The summed E-state index contributed by atoms with van der Waals surface area (Å²) < 4.78 is 65.5. The lowest BCUT2D eigenvalue weighted by Crippen LogP contribution is -2.30. The van der Waals surface area contributed by atoms with Crippen molar-refractivity contribution in [3.05, 3.63) is 42.0 Å². The Morgan fingerprint density at radius 2 is 1.59 bits per heavy atom. The van der Waals surface area contributed by atoms with E-state index in [-0.39, 0.29) is 40.1 Å². The number of nitrogens with zero attached hydrogens (tertiary/aromatic N) is 1. The second-order valence-corrected chi connectivity index (χ2v) is 10.3. The van der Waals surface area contributed by atoms with Crippen LogP contribution in [0.15, 0.2) is 46.2 Å². The Hall–Kier alpha value is -2.83. The number of anilines is 1. The number of carbonyl (C=O) groups is 1.